The Kier molecular flexibility index (Phi) is 5.20. The molecule has 24 heavy (non-hydrogen) atoms. The van der Waals surface area contributed by atoms with E-state index in [0.29, 0.717) is 13.1 Å². The van der Waals surface area contributed by atoms with Crippen LogP contribution in [0.2, 0.25) is 0 Å². The number of ether oxygens (including phenoxy) is 1. The SMILES string of the molecule is CC(=O)NCC(=O)N1C[C@@H](N(C)Cc2ccco2)[C@H]2OCCC[C@H]21. The molecule has 2 aliphatic rings. The van der Waals surface area contributed by atoms with E-state index in [2.05, 4.69) is 10.2 Å². The molecule has 1 aromatic heterocycles. The molecule has 0 saturated carbocycles. The lowest BCUT2D eigenvalue weighted by atomic mass is 10.00. The van der Waals surface area contributed by atoms with Gasteiger partial charge in [-0.15, -0.1) is 0 Å². The van der Waals surface area contributed by atoms with Gasteiger partial charge in [0.2, 0.25) is 11.8 Å². The second kappa shape index (κ2) is 7.36. The number of likely N-dealkylation sites (tertiary alicyclic amines) is 1. The first-order valence-electron chi connectivity index (χ1n) is 8.44. The summed E-state index contributed by atoms with van der Waals surface area (Å²) in [5.41, 5.74) is 0. The van der Waals surface area contributed by atoms with Crippen LogP contribution in [0.4, 0.5) is 0 Å². The third kappa shape index (κ3) is 3.62. The fourth-order valence-corrected chi connectivity index (χ4v) is 3.67. The van der Waals surface area contributed by atoms with Gasteiger partial charge in [-0.3, -0.25) is 14.5 Å². The Morgan fingerprint density at radius 2 is 2.29 bits per heavy atom. The number of furan rings is 1. The minimum Gasteiger partial charge on any atom is -0.468 e. The first-order chi connectivity index (χ1) is 11.6. The van der Waals surface area contributed by atoms with Crippen LogP contribution in [0.15, 0.2) is 22.8 Å². The van der Waals surface area contributed by atoms with Crippen molar-refractivity contribution in [2.75, 3.05) is 26.7 Å². The van der Waals surface area contributed by atoms with Crippen LogP contribution in [0.3, 0.4) is 0 Å². The van der Waals surface area contributed by atoms with E-state index in [0.717, 1.165) is 25.2 Å². The zero-order valence-electron chi connectivity index (χ0n) is 14.2. The van der Waals surface area contributed by atoms with Gasteiger partial charge in [-0.1, -0.05) is 0 Å². The molecule has 0 unspecified atom stereocenters. The Balaban J connectivity index is 1.68. The van der Waals surface area contributed by atoms with Crippen molar-refractivity contribution in [3.05, 3.63) is 24.2 Å². The van der Waals surface area contributed by atoms with Crippen molar-refractivity contribution >= 4 is 11.8 Å². The Morgan fingerprint density at radius 1 is 1.46 bits per heavy atom. The van der Waals surface area contributed by atoms with E-state index >= 15 is 0 Å². The molecule has 3 rings (SSSR count). The third-order valence-electron chi connectivity index (χ3n) is 4.86. The van der Waals surface area contributed by atoms with Crippen LogP contribution in [-0.2, 0) is 20.9 Å². The molecule has 2 aliphatic heterocycles. The molecule has 2 fully saturated rings. The molecule has 7 nitrogen and oxygen atoms in total. The normalized spacial score (nSPS) is 26.5. The van der Waals surface area contributed by atoms with E-state index in [1.165, 1.54) is 6.92 Å². The van der Waals surface area contributed by atoms with E-state index in [4.69, 9.17) is 9.15 Å². The Bertz CT molecular complexity index is 574. The van der Waals surface area contributed by atoms with Crippen molar-refractivity contribution in [3.8, 4) is 0 Å². The standard InChI is InChI=1S/C17H25N3O4/c1-12(21)18-9-16(22)20-11-15(17-14(20)6-4-8-24-17)19(2)10-13-5-3-7-23-13/h3,5,7,14-15,17H,4,6,8-11H2,1-2H3,(H,18,21)/t14-,15-,17+/m1/s1. The number of nitrogens with one attached hydrogen (secondary N) is 1. The van der Waals surface area contributed by atoms with Crippen molar-refractivity contribution in [3.63, 3.8) is 0 Å². The van der Waals surface area contributed by atoms with Crippen molar-refractivity contribution in [2.45, 2.75) is 44.5 Å². The summed E-state index contributed by atoms with van der Waals surface area (Å²) in [6.07, 6.45) is 3.59. The van der Waals surface area contributed by atoms with Crippen molar-refractivity contribution in [2.24, 2.45) is 0 Å². The van der Waals surface area contributed by atoms with Gasteiger partial charge in [0.15, 0.2) is 0 Å². The molecule has 2 saturated heterocycles. The van der Waals surface area contributed by atoms with Gasteiger partial charge in [0, 0.05) is 20.1 Å². The molecular weight excluding hydrogens is 310 g/mol. The van der Waals surface area contributed by atoms with E-state index in [1.807, 2.05) is 24.1 Å². The first kappa shape index (κ1) is 17.0. The predicted octanol–water partition coefficient (Wildman–Crippen LogP) is 0.606. The fraction of sp³-hybridized carbons (Fsp3) is 0.647. The highest BCUT2D eigenvalue weighted by atomic mass is 16.5. The van der Waals surface area contributed by atoms with Gasteiger partial charge >= 0.3 is 0 Å². The molecule has 0 aliphatic carbocycles. The number of nitrogens with zero attached hydrogens (tertiary/aromatic N) is 2. The molecule has 3 atom stereocenters. The number of carbonyl (C=O) groups is 2. The second-order valence-corrected chi connectivity index (χ2v) is 6.56. The van der Waals surface area contributed by atoms with Crippen LogP contribution in [-0.4, -0.2) is 66.5 Å². The molecule has 7 heteroatoms. The summed E-state index contributed by atoms with van der Waals surface area (Å²) in [5.74, 6) is 0.665. The molecule has 132 valence electrons. The molecule has 1 N–H and O–H groups in total. The molecule has 0 spiro atoms. The van der Waals surface area contributed by atoms with Gasteiger partial charge in [0.05, 0.1) is 37.5 Å². The van der Waals surface area contributed by atoms with Gasteiger partial charge in [0.1, 0.15) is 5.76 Å². The maximum atomic E-state index is 12.5. The Morgan fingerprint density at radius 3 is 3.00 bits per heavy atom. The minimum atomic E-state index is -0.189. The fourth-order valence-electron chi connectivity index (χ4n) is 3.67. The van der Waals surface area contributed by atoms with Gasteiger partial charge in [0.25, 0.3) is 0 Å². The number of amides is 2. The summed E-state index contributed by atoms with van der Waals surface area (Å²) in [7, 11) is 2.03. The number of hydrogen-bond acceptors (Lipinski definition) is 5. The monoisotopic (exact) mass is 335 g/mol. The quantitative estimate of drug-likeness (QED) is 0.853. The third-order valence-corrected chi connectivity index (χ3v) is 4.86. The molecular formula is C17H25N3O4. The predicted molar refractivity (Wildman–Crippen MR) is 87.1 cm³/mol. The molecule has 3 heterocycles. The Labute approximate surface area is 141 Å². The minimum absolute atomic E-state index is 0.0139. The van der Waals surface area contributed by atoms with Gasteiger partial charge in [-0.05, 0) is 32.0 Å². The molecule has 0 radical (unpaired) electrons. The summed E-state index contributed by atoms with van der Waals surface area (Å²) in [6, 6.07) is 4.04. The van der Waals surface area contributed by atoms with E-state index in [9.17, 15) is 9.59 Å². The van der Waals surface area contributed by atoms with Crippen LogP contribution in [0.1, 0.15) is 25.5 Å². The average Bonchev–Trinajstić information content (AvgIpc) is 3.20. The molecule has 1 aromatic rings. The van der Waals surface area contributed by atoms with E-state index in [1.54, 1.807) is 6.26 Å². The Hall–Kier alpha value is -1.86. The zero-order chi connectivity index (χ0) is 17.1. The van der Waals surface area contributed by atoms with Crippen LogP contribution in [0.5, 0.6) is 0 Å². The molecule has 0 bridgehead atoms. The smallest absolute Gasteiger partial charge is 0.242 e. The van der Waals surface area contributed by atoms with Crippen molar-refractivity contribution < 1.29 is 18.7 Å². The summed E-state index contributed by atoms with van der Waals surface area (Å²) in [4.78, 5) is 27.6. The summed E-state index contributed by atoms with van der Waals surface area (Å²) < 4.78 is 11.4. The number of hydrogen-bond donors (Lipinski definition) is 1. The number of fused-ring (bicyclic) bond motifs is 1. The van der Waals surface area contributed by atoms with Crippen LogP contribution < -0.4 is 5.32 Å². The van der Waals surface area contributed by atoms with E-state index in [-0.39, 0.29) is 36.5 Å². The maximum Gasteiger partial charge on any atom is 0.242 e. The van der Waals surface area contributed by atoms with Crippen molar-refractivity contribution in [1.82, 2.24) is 15.1 Å². The summed E-state index contributed by atoms with van der Waals surface area (Å²) in [5, 5.41) is 2.60. The zero-order valence-corrected chi connectivity index (χ0v) is 14.2. The highest BCUT2D eigenvalue weighted by molar-refractivity contribution is 5.84. The number of carbonyl (C=O) groups excluding carboxylic acids is 2. The topological polar surface area (TPSA) is 75.0 Å². The molecule has 0 aromatic carbocycles. The maximum absolute atomic E-state index is 12.5. The lowest BCUT2D eigenvalue weighted by Gasteiger charge is -2.34. The van der Waals surface area contributed by atoms with Gasteiger partial charge in [-0.25, -0.2) is 0 Å². The lowest BCUT2D eigenvalue weighted by molar-refractivity contribution is -0.135. The van der Waals surface area contributed by atoms with Crippen LogP contribution in [0, 0.1) is 0 Å². The number of rotatable bonds is 5. The van der Waals surface area contributed by atoms with Gasteiger partial charge < -0.3 is 19.4 Å². The largest absolute Gasteiger partial charge is 0.468 e. The average molecular weight is 335 g/mol. The first-order valence-corrected chi connectivity index (χ1v) is 8.44. The molecule has 2 amide bonds. The highest BCUT2D eigenvalue weighted by Crippen LogP contribution is 2.31. The summed E-state index contributed by atoms with van der Waals surface area (Å²) >= 11 is 0. The second-order valence-electron chi connectivity index (χ2n) is 6.56. The van der Waals surface area contributed by atoms with Crippen LogP contribution in [0.25, 0.3) is 0 Å². The van der Waals surface area contributed by atoms with Gasteiger partial charge in [-0.2, -0.15) is 0 Å². The number of likely N-dealkylation sites (N-methyl/N-ethyl adjacent to an activating group) is 1. The van der Waals surface area contributed by atoms with Crippen molar-refractivity contribution in [1.29, 1.82) is 0 Å². The van der Waals surface area contributed by atoms with Crippen LogP contribution >= 0.6 is 0 Å². The lowest BCUT2D eigenvalue weighted by Crippen LogP contribution is -2.47. The van der Waals surface area contributed by atoms with E-state index < -0.39 is 0 Å². The highest BCUT2D eigenvalue weighted by Gasteiger charge is 2.47. The summed E-state index contributed by atoms with van der Waals surface area (Å²) in [6.45, 7) is 3.50.